The molecule has 0 spiro atoms. The van der Waals surface area contributed by atoms with E-state index in [0.717, 1.165) is 46.6 Å². The molecule has 1 aliphatic rings. The molecule has 4 rings (SSSR count). The van der Waals surface area contributed by atoms with Crippen LogP contribution in [-0.4, -0.2) is 48.8 Å². The van der Waals surface area contributed by atoms with Crippen LogP contribution in [0.25, 0.3) is 11.5 Å². The first-order chi connectivity index (χ1) is 15.5. The van der Waals surface area contributed by atoms with Gasteiger partial charge in [0.05, 0.1) is 16.2 Å². The highest BCUT2D eigenvalue weighted by molar-refractivity contribution is 7.89. The lowest BCUT2D eigenvalue weighted by Gasteiger charge is -2.33. The highest BCUT2D eigenvalue weighted by Gasteiger charge is 2.32. The molecule has 6 nitrogen and oxygen atoms in total. The van der Waals surface area contributed by atoms with Gasteiger partial charge in [0.15, 0.2) is 0 Å². The third-order valence-electron chi connectivity index (χ3n) is 5.70. The second-order valence-electron chi connectivity index (χ2n) is 8.16. The van der Waals surface area contributed by atoms with E-state index in [-0.39, 0.29) is 18.0 Å². The van der Waals surface area contributed by atoms with Gasteiger partial charge in [0.2, 0.25) is 15.9 Å². The van der Waals surface area contributed by atoms with E-state index < -0.39 is 21.8 Å². The van der Waals surface area contributed by atoms with Gasteiger partial charge in [-0.25, -0.2) is 13.4 Å². The molecule has 2 aromatic carbocycles. The summed E-state index contributed by atoms with van der Waals surface area (Å²) in [6, 6.07) is 9.65. The van der Waals surface area contributed by atoms with Crippen molar-refractivity contribution >= 4 is 10.0 Å². The average molecular weight is 480 g/mol. The molecular weight excluding hydrogens is 455 g/mol. The van der Waals surface area contributed by atoms with Crippen molar-refractivity contribution in [2.45, 2.75) is 31.5 Å². The Morgan fingerprint density at radius 1 is 1.00 bits per heavy atom. The third kappa shape index (κ3) is 5.13. The molecule has 0 radical (unpaired) electrons. The normalized spacial score (nSPS) is 16.3. The quantitative estimate of drug-likeness (QED) is 0.540. The fourth-order valence-corrected chi connectivity index (χ4v) is 5.30. The second kappa shape index (κ2) is 8.92. The van der Waals surface area contributed by atoms with E-state index in [4.69, 9.17) is 4.42 Å². The molecule has 10 heteroatoms. The van der Waals surface area contributed by atoms with E-state index in [1.165, 1.54) is 4.31 Å². The summed E-state index contributed by atoms with van der Waals surface area (Å²) in [7, 11) is -3.86. The minimum absolute atomic E-state index is 0.140. The summed E-state index contributed by atoms with van der Waals surface area (Å²) in [5.41, 5.74) is 3.04. The number of benzene rings is 2. The monoisotopic (exact) mass is 479 g/mol. The first kappa shape index (κ1) is 23.5. The predicted octanol–water partition coefficient (Wildman–Crippen LogP) is 4.48. The van der Waals surface area contributed by atoms with Gasteiger partial charge in [-0.15, -0.1) is 0 Å². The summed E-state index contributed by atoms with van der Waals surface area (Å²) in [6.45, 7) is 5.98. The highest BCUT2D eigenvalue weighted by atomic mass is 32.2. The summed E-state index contributed by atoms with van der Waals surface area (Å²) in [5, 5.41) is 0. The van der Waals surface area contributed by atoms with Crippen LogP contribution in [0.4, 0.5) is 13.2 Å². The van der Waals surface area contributed by atoms with E-state index in [1.54, 1.807) is 6.26 Å². The molecule has 0 amide bonds. The van der Waals surface area contributed by atoms with E-state index in [2.05, 4.69) is 16.0 Å². The summed E-state index contributed by atoms with van der Waals surface area (Å²) < 4.78 is 70.9. The standard InChI is InChI=1S/C23H24F3N3O3S/c1-16-3-8-21(17(2)13-16)22-27-19(15-32-22)14-28-9-11-29(12-10-28)33(30,31)20-6-4-18(5-7-20)23(24,25)26/h3-8,13,15H,9-12,14H2,1-2H3. The number of hydrogen-bond acceptors (Lipinski definition) is 5. The second-order valence-corrected chi connectivity index (χ2v) is 10.1. The van der Waals surface area contributed by atoms with E-state index in [0.29, 0.717) is 25.5 Å². The van der Waals surface area contributed by atoms with E-state index in [9.17, 15) is 21.6 Å². The lowest BCUT2D eigenvalue weighted by atomic mass is 10.1. The number of alkyl halides is 3. The molecule has 0 aliphatic carbocycles. The molecule has 1 aromatic heterocycles. The molecule has 1 aliphatic heterocycles. The predicted molar refractivity (Wildman–Crippen MR) is 117 cm³/mol. The van der Waals surface area contributed by atoms with Crippen LogP contribution in [0.5, 0.6) is 0 Å². The molecular formula is C23H24F3N3O3S. The first-order valence-corrected chi connectivity index (χ1v) is 11.9. The number of rotatable bonds is 5. The lowest BCUT2D eigenvalue weighted by molar-refractivity contribution is -0.137. The topological polar surface area (TPSA) is 66.7 Å². The molecule has 176 valence electrons. The van der Waals surface area contributed by atoms with Crippen LogP contribution < -0.4 is 0 Å². The Hall–Kier alpha value is -2.69. The maximum atomic E-state index is 12.8. The van der Waals surface area contributed by atoms with Crippen LogP contribution in [0.15, 0.2) is 58.0 Å². The zero-order valence-corrected chi connectivity index (χ0v) is 19.1. The summed E-state index contributed by atoms with van der Waals surface area (Å²) >= 11 is 0. The zero-order valence-electron chi connectivity index (χ0n) is 18.3. The molecule has 0 bridgehead atoms. The molecule has 0 atom stereocenters. The molecule has 0 saturated carbocycles. The Labute approximate surface area is 190 Å². The maximum Gasteiger partial charge on any atom is 0.416 e. The van der Waals surface area contributed by atoms with E-state index in [1.807, 2.05) is 26.0 Å². The zero-order chi connectivity index (χ0) is 23.8. The Balaban J connectivity index is 1.38. The van der Waals surface area contributed by atoms with Crippen molar-refractivity contribution in [2.24, 2.45) is 0 Å². The number of nitrogens with zero attached hydrogens (tertiary/aromatic N) is 3. The average Bonchev–Trinajstić information content (AvgIpc) is 3.21. The van der Waals surface area contributed by atoms with Gasteiger partial charge >= 0.3 is 6.18 Å². The van der Waals surface area contributed by atoms with Crippen LogP contribution >= 0.6 is 0 Å². The van der Waals surface area contributed by atoms with Crippen LogP contribution in [0.2, 0.25) is 0 Å². The van der Waals surface area contributed by atoms with Crippen molar-refractivity contribution < 1.29 is 26.0 Å². The maximum absolute atomic E-state index is 12.8. The van der Waals surface area contributed by atoms with Gasteiger partial charge in [-0.3, -0.25) is 4.90 Å². The van der Waals surface area contributed by atoms with Gasteiger partial charge in [0, 0.05) is 38.3 Å². The van der Waals surface area contributed by atoms with Crippen molar-refractivity contribution in [1.82, 2.24) is 14.2 Å². The van der Waals surface area contributed by atoms with Crippen LogP contribution in [0.1, 0.15) is 22.4 Å². The van der Waals surface area contributed by atoms with Crippen molar-refractivity contribution in [3.63, 3.8) is 0 Å². The number of oxazole rings is 1. The third-order valence-corrected chi connectivity index (χ3v) is 7.61. The molecule has 0 unspecified atom stereocenters. The van der Waals surface area contributed by atoms with Crippen molar-refractivity contribution in [3.05, 3.63) is 71.1 Å². The number of aryl methyl sites for hydroxylation is 2. The van der Waals surface area contributed by atoms with Crippen LogP contribution in [0.3, 0.4) is 0 Å². The summed E-state index contributed by atoms with van der Waals surface area (Å²) in [6.07, 6.45) is -2.90. The highest BCUT2D eigenvalue weighted by Crippen LogP contribution is 2.30. The Morgan fingerprint density at radius 3 is 2.27 bits per heavy atom. The van der Waals surface area contributed by atoms with Gasteiger partial charge < -0.3 is 4.42 Å². The van der Waals surface area contributed by atoms with Gasteiger partial charge in [-0.05, 0) is 49.7 Å². The Kier molecular flexibility index (Phi) is 6.35. The molecule has 3 aromatic rings. The summed E-state index contributed by atoms with van der Waals surface area (Å²) in [5.74, 6) is 0.547. The lowest BCUT2D eigenvalue weighted by Crippen LogP contribution is -2.48. The molecule has 1 fully saturated rings. The number of aromatic nitrogens is 1. The fraction of sp³-hybridized carbons (Fsp3) is 0.348. The van der Waals surface area contributed by atoms with Crippen LogP contribution in [0, 0.1) is 13.8 Å². The number of hydrogen-bond donors (Lipinski definition) is 0. The van der Waals surface area contributed by atoms with E-state index >= 15 is 0 Å². The van der Waals surface area contributed by atoms with Crippen molar-refractivity contribution in [2.75, 3.05) is 26.2 Å². The SMILES string of the molecule is Cc1ccc(-c2nc(CN3CCN(S(=O)(=O)c4ccc(C(F)(F)F)cc4)CC3)co2)c(C)c1. The largest absolute Gasteiger partial charge is 0.444 e. The number of halogens is 3. The van der Waals surface area contributed by atoms with Crippen molar-refractivity contribution in [3.8, 4) is 11.5 Å². The summed E-state index contributed by atoms with van der Waals surface area (Å²) in [4.78, 5) is 6.51. The van der Waals surface area contributed by atoms with Crippen LogP contribution in [-0.2, 0) is 22.7 Å². The Bertz CT molecular complexity index is 1230. The minimum atomic E-state index is -4.51. The number of piperazine rings is 1. The van der Waals surface area contributed by atoms with Gasteiger partial charge in [-0.1, -0.05) is 17.7 Å². The fourth-order valence-electron chi connectivity index (χ4n) is 3.88. The minimum Gasteiger partial charge on any atom is -0.444 e. The number of sulfonamides is 1. The van der Waals surface area contributed by atoms with Gasteiger partial charge in [-0.2, -0.15) is 17.5 Å². The van der Waals surface area contributed by atoms with Gasteiger partial charge in [0.1, 0.15) is 6.26 Å². The van der Waals surface area contributed by atoms with Crippen molar-refractivity contribution in [1.29, 1.82) is 0 Å². The first-order valence-electron chi connectivity index (χ1n) is 10.5. The molecule has 33 heavy (non-hydrogen) atoms. The molecule has 1 saturated heterocycles. The molecule has 2 heterocycles. The smallest absolute Gasteiger partial charge is 0.416 e. The Morgan fingerprint density at radius 2 is 1.67 bits per heavy atom. The molecule has 0 N–H and O–H groups in total. The van der Waals surface area contributed by atoms with Gasteiger partial charge in [0.25, 0.3) is 0 Å².